The van der Waals surface area contributed by atoms with E-state index in [1.165, 1.54) is 18.7 Å². The molecular weight excluding hydrogens is 182 g/mol. The number of hydrogen-bond donors (Lipinski definition) is 2. The summed E-state index contributed by atoms with van der Waals surface area (Å²) in [7, 11) is 0. The van der Waals surface area contributed by atoms with Gasteiger partial charge in [-0.2, -0.15) is 0 Å². The molecule has 2 N–H and O–H groups in total. The molecule has 0 saturated carbocycles. The molecule has 0 aromatic rings. The van der Waals surface area contributed by atoms with Crippen molar-refractivity contribution in [3.05, 3.63) is 0 Å². The van der Waals surface area contributed by atoms with Crippen LogP contribution in [0.4, 0.5) is 0 Å². The van der Waals surface area contributed by atoms with E-state index in [0.717, 1.165) is 0 Å². The zero-order valence-electron chi connectivity index (χ0n) is 9.24. The van der Waals surface area contributed by atoms with Gasteiger partial charge in [0.25, 0.3) is 5.91 Å². The van der Waals surface area contributed by atoms with Gasteiger partial charge in [-0.15, -0.1) is 0 Å². The van der Waals surface area contributed by atoms with Crippen molar-refractivity contribution >= 4 is 5.91 Å². The van der Waals surface area contributed by atoms with Crippen LogP contribution in [0.1, 0.15) is 27.7 Å². The Hall–Kier alpha value is -0.610. The lowest BCUT2D eigenvalue weighted by Gasteiger charge is -2.25. The molecule has 1 atom stereocenters. The third-order valence-corrected chi connectivity index (χ3v) is 2.70. The molecule has 1 unspecified atom stereocenters. The van der Waals surface area contributed by atoms with E-state index in [4.69, 9.17) is 0 Å². The van der Waals surface area contributed by atoms with Gasteiger partial charge in [0.05, 0.1) is 6.10 Å². The second-order valence-electron chi connectivity index (χ2n) is 5.25. The number of likely N-dealkylation sites (tertiary alicyclic amines) is 1. The maximum Gasteiger partial charge on any atom is 0.254 e. The van der Waals surface area contributed by atoms with Crippen LogP contribution < -0.4 is 0 Å². The lowest BCUT2D eigenvalue weighted by atomic mass is 9.90. The van der Waals surface area contributed by atoms with Crippen molar-refractivity contribution in [2.45, 2.75) is 39.4 Å². The average Bonchev–Trinajstić information content (AvgIpc) is 2.23. The number of hydrogen-bond acceptors (Lipinski definition) is 3. The minimum absolute atomic E-state index is 0.277. The van der Waals surface area contributed by atoms with Gasteiger partial charge in [-0.05, 0) is 13.8 Å². The number of rotatable bonds is 1. The van der Waals surface area contributed by atoms with Crippen molar-refractivity contribution in [2.75, 3.05) is 13.1 Å². The highest BCUT2D eigenvalue weighted by Gasteiger charge is 2.43. The van der Waals surface area contributed by atoms with Gasteiger partial charge in [-0.3, -0.25) is 4.79 Å². The van der Waals surface area contributed by atoms with Crippen molar-refractivity contribution < 1.29 is 15.0 Å². The van der Waals surface area contributed by atoms with Gasteiger partial charge in [0, 0.05) is 18.5 Å². The highest BCUT2D eigenvalue weighted by molar-refractivity contribution is 5.84. The molecule has 1 aliphatic rings. The van der Waals surface area contributed by atoms with E-state index in [9.17, 15) is 15.0 Å². The van der Waals surface area contributed by atoms with Gasteiger partial charge in [-0.25, -0.2) is 0 Å². The average molecular weight is 201 g/mol. The summed E-state index contributed by atoms with van der Waals surface area (Å²) < 4.78 is 0. The molecule has 1 fully saturated rings. The van der Waals surface area contributed by atoms with E-state index in [-0.39, 0.29) is 11.3 Å². The Morgan fingerprint density at radius 2 is 2.00 bits per heavy atom. The van der Waals surface area contributed by atoms with E-state index < -0.39 is 11.7 Å². The van der Waals surface area contributed by atoms with Crippen LogP contribution in [0.5, 0.6) is 0 Å². The lowest BCUT2D eigenvalue weighted by molar-refractivity contribution is -0.147. The summed E-state index contributed by atoms with van der Waals surface area (Å²) in [6, 6.07) is 0. The molecule has 82 valence electrons. The summed E-state index contributed by atoms with van der Waals surface area (Å²) in [6.07, 6.45) is -0.506. The summed E-state index contributed by atoms with van der Waals surface area (Å²) in [5, 5.41) is 19.2. The smallest absolute Gasteiger partial charge is 0.254 e. The molecule has 1 rings (SSSR count). The molecule has 0 bridgehead atoms. The molecule has 0 aromatic carbocycles. The Kier molecular flexibility index (Phi) is 2.63. The van der Waals surface area contributed by atoms with Crippen LogP contribution in [-0.4, -0.2) is 45.8 Å². The fraction of sp³-hybridized carbons (Fsp3) is 0.900. The zero-order chi connectivity index (χ0) is 11.1. The van der Waals surface area contributed by atoms with Crippen LogP contribution in [0.25, 0.3) is 0 Å². The summed E-state index contributed by atoms with van der Waals surface area (Å²) in [5.41, 5.74) is -1.62. The summed E-state index contributed by atoms with van der Waals surface area (Å²) in [4.78, 5) is 13.2. The molecule has 1 heterocycles. The standard InChI is InChI=1S/C10H19NO3/c1-9(2)6-11(5-7(9)12)8(13)10(3,4)14/h7,12,14H,5-6H2,1-4H3. The highest BCUT2D eigenvalue weighted by Crippen LogP contribution is 2.30. The third kappa shape index (κ3) is 2.07. The van der Waals surface area contributed by atoms with Gasteiger partial charge >= 0.3 is 0 Å². The summed E-state index contributed by atoms with van der Waals surface area (Å²) in [6.45, 7) is 7.57. The summed E-state index contributed by atoms with van der Waals surface area (Å²) >= 11 is 0. The van der Waals surface area contributed by atoms with Crippen molar-refractivity contribution in [3.8, 4) is 0 Å². The molecule has 0 aliphatic carbocycles. The van der Waals surface area contributed by atoms with Crippen LogP contribution >= 0.6 is 0 Å². The first-order chi connectivity index (χ1) is 6.14. The van der Waals surface area contributed by atoms with Gasteiger partial charge in [0.15, 0.2) is 0 Å². The van der Waals surface area contributed by atoms with Crippen LogP contribution in [0, 0.1) is 5.41 Å². The van der Waals surface area contributed by atoms with Crippen LogP contribution in [0.3, 0.4) is 0 Å². The molecule has 1 amide bonds. The largest absolute Gasteiger partial charge is 0.391 e. The number of aliphatic hydroxyl groups is 2. The number of aliphatic hydroxyl groups excluding tert-OH is 1. The van der Waals surface area contributed by atoms with E-state index in [2.05, 4.69) is 0 Å². The number of nitrogens with zero attached hydrogens (tertiary/aromatic N) is 1. The minimum atomic E-state index is -1.35. The molecule has 4 heteroatoms. The first-order valence-corrected chi connectivity index (χ1v) is 4.84. The molecule has 1 saturated heterocycles. The first-order valence-electron chi connectivity index (χ1n) is 4.84. The van der Waals surface area contributed by atoms with Gasteiger partial charge in [0.1, 0.15) is 5.60 Å². The number of amides is 1. The third-order valence-electron chi connectivity index (χ3n) is 2.70. The predicted molar refractivity (Wildman–Crippen MR) is 52.7 cm³/mol. The van der Waals surface area contributed by atoms with E-state index >= 15 is 0 Å². The Balaban J connectivity index is 2.72. The Bertz CT molecular complexity index is 242. The normalized spacial score (nSPS) is 26.7. The Morgan fingerprint density at radius 3 is 2.29 bits per heavy atom. The maximum absolute atomic E-state index is 11.7. The van der Waals surface area contributed by atoms with Gasteiger partial charge < -0.3 is 15.1 Å². The van der Waals surface area contributed by atoms with E-state index in [0.29, 0.717) is 13.1 Å². The van der Waals surface area contributed by atoms with Crippen molar-refractivity contribution in [2.24, 2.45) is 5.41 Å². The highest BCUT2D eigenvalue weighted by atomic mass is 16.3. The monoisotopic (exact) mass is 201 g/mol. The molecule has 14 heavy (non-hydrogen) atoms. The zero-order valence-corrected chi connectivity index (χ0v) is 9.24. The van der Waals surface area contributed by atoms with Crippen LogP contribution in [0.15, 0.2) is 0 Å². The fourth-order valence-electron chi connectivity index (χ4n) is 1.66. The van der Waals surface area contributed by atoms with Gasteiger partial charge in [-0.1, -0.05) is 13.8 Å². The van der Waals surface area contributed by atoms with E-state index in [1.54, 1.807) is 0 Å². The molecule has 1 aliphatic heterocycles. The van der Waals surface area contributed by atoms with Gasteiger partial charge in [0.2, 0.25) is 0 Å². The van der Waals surface area contributed by atoms with Crippen LogP contribution in [0.2, 0.25) is 0 Å². The quantitative estimate of drug-likeness (QED) is 0.627. The molecule has 0 spiro atoms. The lowest BCUT2D eigenvalue weighted by Crippen LogP contribution is -2.44. The minimum Gasteiger partial charge on any atom is -0.391 e. The summed E-state index contributed by atoms with van der Waals surface area (Å²) in [5.74, 6) is -0.317. The molecule has 4 nitrogen and oxygen atoms in total. The second-order valence-corrected chi connectivity index (χ2v) is 5.25. The van der Waals surface area contributed by atoms with E-state index in [1.807, 2.05) is 13.8 Å². The SMILES string of the molecule is CC(C)(O)C(=O)N1CC(O)C(C)(C)C1. The van der Waals surface area contributed by atoms with Crippen molar-refractivity contribution in [1.82, 2.24) is 4.90 Å². The molecular formula is C10H19NO3. The van der Waals surface area contributed by atoms with Crippen molar-refractivity contribution in [3.63, 3.8) is 0 Å². The van der Waals surface area contributed by atoms with Crippen molar-refractivity contribution in [1.29, 1.82) is 0 Å². The predicted octanol–water partition coefficient (Wildman–Crippen LogP) is -0.0134. The number of β-amino-alcohol motifs (C(OH)–C–C–N with tert-alkyl or cyclic N) is 1. The Labute approximate surface area is 84.5 Å². The first kappa shape index (κ1) is 11.5. The molecule has 0 radical (unpaired) electrons. The second kappa shape index (κ2) is 3.21. The fourth-order valence-corrected chi connectivity index (χ4v) is 1.66. The maximum atomic E-state index is 11.7. The Morgan fingerprint density at radius 1 is 1.50 bits per heavy atom. The number of carbonyl (C=O) groups excluding carboxylic acids is 1. The molecule has 0 aromatic heterocycles. The van der Waals surface area contributed by atoms with Crippen LogP contribution in [-0.2, 0) is 4.79 Å². The number of carbonyl (C=O) groups is 1. The topological polar surface area (TPSA) is 60.8 Å².